The zero-order valence-corrected chi connectivity index (χ0v) is 11.4. The minimum atomic E-state index is 0.0894. The van der Waals surface area contributed by atoms with Crippen LogP contribution in [0, 0.1) is 0 Å². The van der Waals surface area contributed by atoms with Gasteiger partial charge < -0.3 is 4.74 Å². The first-order valence-corrected chi connectivity index (χ1v) is 6.25. The summed E-state index contributed by atoms with van der Waals surface area (Å²) in [4.78, 5) is 0. The predicted octanol–water partition coefficient (Wildman–Crippen LogP) is 4.82. The molecule has 1 rings (SSSR count). The third-order valence-corrected chi connectivity index (χ3v) is 2.74. The highest BCUT2D eigenvalue weighted by atomic mass is 35.5. The fraction of sp³-hybridized carbons (Fsp3) is 0.571. The molecule has 0 radical (unpaired) electrons. The minimum absolute atomic E-state index is 0.0894. The molecule has 0 atom stereocenters. The Bertz CT molecular complexity index is 339. The van der Waals surface area contributed by atoms with Crippen molar-refractivity contribution in [1.29, 1.82) is 0 Å². The molecule has 0 N–H and O–H groups in total. The molecule has 0 aromatic heterocycles. The van der Waals surface area contributed by atoms with E-state index in [9.17, 15) is 0 Å². The summed E-state index contributed by atoms with van der Waals surface area (Å²) in [5.41, 5.74) is 1.31. The third-order valence-electron chi connectivity index (χ3n) is 2.51. The summed E-state index contributed by atoms with van der Waals surface area (Å²) in [6.07, 6.45) is 2.22. The molecule has 0 bridgehead atoms. The van der Waals surface area contributed by atoms with E-state index in [-0.39, 0.29) is 5.41 Å². The van der Waals surface area contributed by atoms with E-state index in [1.54, 1.807) is 0 Å². The highest BCUT2D eigenvalue weighted by Gasteiger charge is 2.18. The predicted molar refractivity (Wildman–Crippen MR) is 70.6 cm³/mol. The number of ether oxygens (including phenoxy) is 1. The van der Waals surface area contributed by atoms with Crippen LogP contribution in [0.4, 0.5) is 0 Å². The van der Waals surface area contributed by atoms with Crippen LogP contribution in [0.25, 0.3) is 0 Å². The summed E-state index contributed by atoms with van der Waals surface area (Å²) in [7, 11) is 0. The van der Waals surface area contributed by atoms with Crippen molar-refractivity contribution in [2.24, 2.45) is 0 Å². The number of rotatable bonds is 4. The van der Waals surface area contributed by atoms with E-state index < -0.39 is 0 Å². The number of hydrogen-bond acceptors (Lipinski definition) is 1. The Morgan fingerprint density at radius 3 is 2.50 bits per heavy atom. The van der Waals surface area contributed by atoms with E-state index in [0.29, 0.717) is 0 Å². The van der Waals surface area contributed by atoms with Gasteiger partial charge in [-0.25, -0.2) is 0 Å². The Balaban J connectivity index is 2.90. The van der Waals surface area contributed by atoms with Crippen LogP contribution >= 0.6 is 11.6 Å². The second kappa shape index (κ2) is 5.58. The van der Waals surface area contributed by atoms with Crippen molar-refractivity contribution in [2.75, 3.05) is 6.61 Å². The van der Waals surface area contributed by atoms with Gasteiger partial charge in [0.2, 0.25) is 0 Å². The standard InChI is InChI=1S/C14H21ClO/c1-5-6-9-16-13-10-11(15)7-8-12(13)14(2,3)4/h7-8,10H,5-6,9H2,1-4H3. The van der Waals surface area contributed by atoms with Gasteiger partial charge in [-0.05, 0) is 29.5 Å². The number of unbranched alkanes of at least 4 members (excludes halogenated alkanes) is 1. The lowest BCUT2D eigenvalue weighted by atomic mass is 9.86. The Kier molecular flexibility index (Phi) is 4.67. The molecule has 0 fully saturated rings. The molecule has 90 valence electrons. The monoisotopic (exact) mass is 240 g/mol. The average Bonchev–Trinajstić information content (AvgIpc) is 2.16. The zero-order chi connectivity index (χ0) is 12.2. The third kappa shape index (κ3) is 3.71. The molecule has 1 nitrogen and oxygen atoms in total. The number of benzene rings is 1. The maximum Gasteiger partial charge on any atom is 0.124 e. The maximum atomic E-state index is 6.00. The molecule has 1 aromatic rings. The summed E-state index contributed by atoms with van der Waals surface area (Å²) in [6.45, 7) is 9.47. The smallest absolute Gasteiger partial charge is 0.124 e. The van der Waals surface area contributed by atoms with Gasteiger partial charge in [0.25, 0.3) is 0 Å². The van der Waals surface area contributed by atoms with Gasteiger partial charge in [0.05, 0.1) is 6.61 Å². The van der Waals surface area contributed by atoms with Gasteiger partial charge in [-0.2, -0.15) is 0 Å². The molecule has 0 saturated heterocycles. The van der Waals surface area contributed by atoms with Crippen LogP contribution in [0.5, 0.6) is 5.75 Å². The molecule has 0 heterocycles. The van der Waals surface area contributed by atoms with Crippen molar-refractivity contribution in [3.63, 3.8) is 0 Å². The molecule has 16 heavy (non-hydrogen) atoms. The van der Waals surface area contributed by atoms with Crippen molar-refractivity contribution >= 4 is 11.6 Å². The molecule has 0 unspecified atom stereocenters. The molecule has 1 aromatic carbocycles. The lowest BCUT2D eigenvalue weighted by molar-refractivity contribution is 0.301. The van der Waals surface area contributed by atoms with E-state index in [2.05, 4.69) is 33.8 Å². The van der Waals surface area contributed by atoms with E-state index in [1.807, 2.05) is 12.1 Å². The second-order valence-corrected chi connectivity index (χ2v) is 5.53. The zero-order valence-electron chi connectivity index (χ0n) is 10.6. The van der Waals surface area contributed by atoms with Crippen LogP contribution in [0.15, 0.2) is 18.2 Å². The highest BCUT2D eigenvalue weighted by molar-refractivity contribution is 6.30. The second-order valence-electron chi connectivity index (χ2n) is 5.09. The van der Waals surface area contributed by atoms with Crippen molar-refractivity contribution in [1.82, 2.24) is 0 Å². The average molecular weight is 241 g/mol. The van der Waals surface area contributed by atoms with E-state index >= 15 is 0 Å². The Hall–Kier alpha value is -0.690. The van der Waals surface area contributed by atoms with E-state index in [1.165, 1.54) is 5.56 Å². The van der Waals surface area contributed by atoms with Crippen LogP contribution in [-0.4, -0.2) is 6.61 Å². The number of halogens is 1. The van der Waals surface area contributed by atoms with Crippen molar-refractivity contribution in [3.05, 3.63) is 28.8 Å². The number of hydrogen-bond donors (Lipinski definition) is 0. The van der Waals surface area contributed by atoms with Crippen molar-refractivity contribution < 1.29 is 4.74 Å². The topological polar surface area (TPSA) is 9.23 Å². The fourth-order valence-electron chi connectivity index (χ4n) is 1.56. The summed E-state index contributed by atoms with van der Waals surface area (Å²) in [5.74, 6) is 0.924. The van der Waals surface area contributed by atoms with Crippen LogP contribution in [0.3, 0.4) is 0 Å². The molecule has 0 spiro atoms. The van der Waals surface area contributed by atoms with Crippen LogP contribution < -0.4 is 4.74 Å². The van der Waals surface area contributed by atoms with Gasteiger partial charge in [0.15, 0.2) is 0 Å². The van der Waals surface area contributed by atoms with Gasteiger partial charge in [-0.15, -0.1) is 0 Å². The Morgan fingerprint density at radius 2 is 1.94 bits per heavy atom. The van der Waals surface area contributed by atoms with Gasteiger partial charge in [0, 0.05) is 5.02 Å². The SMILES string of the molecule is CCCCOc1cc(Cl)ccc1C(C)(C)C. The summed E-state index contributed by atoms with van der Waals surface area (Å²) >= 11 is 6.00. The Labute approximate surface area is 104 Å². The molecule has 0 aliphatic carbocycles. The lowest BCUT2D eigenvalue weighted by Gasteiger charge is -2.23. The summed E-state index contributed by atoms with van der Waals surface area (Å²) in [6, 6.07) is 5.90. The van der Waals surface area contributed by atoms with Crippen LogP contribution in [0.1, 0.15) is 46.1 Å². The molecular weight excluding hydrogens is 220 g/mol. The van der Waals surface area contributed by atoms with Crippen LogP contribution in [-0.2, 0) is 5.41 Å². The first-order valence-electron chi connectivity index (χ1n) is 5.88. The molecule has 0 aliphatic heterocycles. The Morgan fingerprint density at radius 1 is 1.25 bits per heavy atom. The normalized spacial score (nSPS) is 11.6. The molecule has 0 saturated carbocycles. The first kappa shape index (κ1) is 13.4. The molecular formula is C14H21ClO. The summed E-state index contributed by atoms with van der Waals surface area (Å²) in [5, 5.41) is 0.736. The molecule has 2 heteroatoms. The van der Waals surface area contributed by atoms with E-state index in [0.717, 1.165) is 30.2 Å². The molecule has 0 amide bonds. The minimum Gasteiger partial charge on any atom is -0.493 e. The highest BCUT2D eigenvalue weighted by Crippen LogP contribution is 2.33. The van der Waals surface area contributed by atoms with Crippen LogP contribution in [0.2, 0.25) is 5.02 Å². The van der Waals surface area contributed by atoms with Crippen molar-refractivity contribution in [3.8, 4) is 5.75 Å². The van der Waals surface area contributed by atoms with Crippen molar-refractivity contribution in [2.45, 2.75) is 46.0 Å². The van der Waals surface area contributed by atoms with Gasteiger partial charge >= 0.3 is 0 Å². The fourth-order valence-corrected chi connectivity index (χ4v) is 1.72. The lowest BCUT2D eigenvalue weighted by Crippen LogP contribution is -2.13. The van der Waals surface area contributed by atoms with Gasteiger partial charge in [-0.3, -0.25) is 0 Å². The molecule has 0 aliphatic rings. The largest absolute Gasteiger partial charge is 0.493 e. The maximum absolute atomic E-state index is 6.00. The summed E-state index contributed by atoms with van der Waals surface area (Å²) < 4.78 is 5.80. The van der Waals surface area contributed by atoms with Gasteiger partial charge in [-0.1, -0.05) is 51.8 Å². The van der Waals surface area contributed by atoms with E-state index in [4.69, 9.17) is 16.3 Å². The quantitative estimate of drug-likeness (QED) is 0.686. The van der Waals surface area contributed by atoms with Gasteiger partial charge in [0.1, 0.15) is 5.75 Å². The first-order chi connectivity index (χ1) is 7.45.